The van der Waals surface area contributed by atoms with Crippen molar-refractivity contribution in [3.63, 3.8) is 0 Å². The smallest absolute Gasteiger partial charge is 0.252 e. The molecule has 9 heteroatoms. The molecule has 2 aromatic rings. The fourth-order valence-electron chi connectivity index (χ4n) is 2.08. The summed E-state index contributed by atoms with van der Waals surface area (Å²) in [5.74, 6) is 0.825. The van der Waals surface area contributed by atoms with Crippen LogP contribution in [0.3, 0.4) is 0 Å². The number of hydrogen-bond donors (Lipinski definition) is 1. The number of methoxy groups -OCH3 is 2. The molecule has 0 radical (unpaired) electrons. The summed E-state index contributed by atoms with van der Waals surface area (Å²) in [7, 11) is 0.821. The van der Waals surface area contributed by atoms with Gasteiger partial charge in [-0.3, -0.25) is 4.79 Å². The zero-order chi connectivity index (χ0) is 18.4. The standard InChI is InChI=1S/C16H20N2O5S2/c1-18(25(20,21)16-5-4-6-24-16)11-15(19)17-10-12-7-13(22-2)9-14(8-12)23-3/h4-9H,10-11H2,1-3H3,(H,17,19). The van der Waals surface area contributed by atoms with Gasteiger partial charge in [0.2, 0.25) is 5.91 Å². The Kier molecular flexibility index (Phi) is 6.40. The van der Waals surface area contributed by atoms with Crippen LogP contribution in [0.5, 0.6) is 11.5 Å². The minimum atomic E-state index is -3.64. The van der Waals surface area contributed by atoms with Crippen molar-refractivity contribution in [2.24, 2.45) is 0 Å². The van der Waals surface area contributed by atoms with Crippen LogP contribution in [0.2, 0.25) is 0 Å². The quantitative estimate of drug-likeness (QED) is 0.749. The average molecular weight is 384 g/mol. The number of benzene rings is 1. The Morgan fingerprint density at radius 1 is 1.20 bits per heavy atom. The molecular formula is C16H20N2O5S2. The second-order valence-corrected chi connectivity index (χ2v) is 8.41. The summed E-state index contributed by atoms with van der Waals surface area (Å²) in [4.78, 5) is 12.1. The highest BCUT2D eigenvalue weighted by Crippen LogP contribution is 2.22. The lowest BCUT2D eigenvalue weighted by Crippen LogP contribution is -2.37. The first-order valence-electron chi connectivity index (χ1n) is 7.35. The van der Waals surface area contributed by atoms with Crippen molar-refractivity contribution in [3.8, 4) is 11.5 Å². The maximum absolute atomic E-state index is 12.3. The number of nitrogens with zero attached hydrogens (tertiary/aromatic N) is 1. The molecule has 0 bridgehead atoms. The van der Waals surface area contributed by atoms with E-state index in [0.717, 1.165) is 21.2 Å². The molecule has 25 heavy (non-hydrogen) atoms. The first-order valence-corrected chi connectivity index (χ1v) is 9.67. The van der Waals surface area contributed by atoms with E-state index in [1.165, 1.54) is 13.1 Å². The Morgan fingerprint density at radius 3 is 2.36 bits per heavy atom. The number of amides is 1. The SMILES string of the molecule is COc1cc(CNC(=O)CN(C)S(=O)(=O)c2cccs2)cc(OC)c1. The molecule has 0 aliphatic heterocycles. The van der Waals surface area contributed by atoms with Crippen molar-refractivity contribution >= 4 is 27.3 Å². The largest absolute Gasteiger partial charge is 0.497 e. The van der Waals surface area contributed by atoms with Crippen molar-refractivity contribution in [3.05, 3.63) is 41.3 Å². The maximum Gasteiger partial charge on any atom is 0.252 e. The number of rotatable bonds is 8. The van der Waals surface area contributed by atoms with E-state index < -0.39 is 15.9 Å². The van der Waals surface area contributed by atoms with Gasteiger partial charge in [0.05, 0.1) is 20.8 Å². The molecule has 0 aliphatic carbocycles. The van der Waals surface area contributed by atoms with E-state index in [0.29, 0.717) is 11.5 Å². The molecule has 0 atom stereocenters. The first-order chi connectivity index (χ1) is 11.9. The Labute approximate surface area is 151 Å². The molecule has 0 spiro atoms. The van der Waals surface area contributed by atoms with Crippen LogP contribution in [0.25, 0.3) is 0 Å². The van der Waals surface area contributed by atoms with E-state index in [-0.39, 0.29) is 17.3 Å². The molecule has 1 N–H and O–H groups in total. The van der Waals surface area contributed by atoms with Crippen LogP contribution in [-0.4, -0.2) is 46.4 Å². The van der Waals surface area contributed by atoms with Gasteiger partial charge in [-0.25, -0.2) is 8.42 Å². The number of likely N-dealkylation sites (N-methyl/N-ethyl adjacent to an activating group) is 1. The Balaban J connectivity index is 1.97. The lowest BCUT2D eigenvalue weighted by atomic mass is 10.2. The summed E-state index contributed by atoms with van der Waals surface area (Å²) in [6, 6.07) is 8.44. The monoisotopic (exact) mass is 384 g/mol. The van der Waals surface area contributed by atoms with Crippen molar-refractivity contribution in [1.29, 1.82) is 0 Å². The highest BCUT2D eigenvalue weighted by Gasteiger charge is 2.23. The van der Waals surface area contributed by atoms with E-state index in [2.05, 4.69) is 5.32 Å². The lowest BCUT2D eigenvalue weighted by molar-refractivity contribution is -0.121. The highest BCUT2D eigenvalue weighted by molar-refractivity contribution is 7.91. The Hall–Kier alpha value is -2.10. The summed E-state index contributed by atoms with van der Waals surface area (Å²) < 4.78 is 36.2. The van der Waals surface area contributed by atoms with Gasteiger partial charge in [0, 0.05) is 19.7 Å². The summed E-state index contributed by atoms with van der Waals surface area (Å²) in [6.07, 6.45) is 0. The zero-order valence-electron chi connectivity index (χ0n) is 14.2. The molecule has 0 aliphatic rings. The number of sulfonamides is 1. The molecule has 1 amide bonds. The van der Waals surface area contributed by atoms with Crippen LogP contribution in [-0.2, 0) is 21.4 Å². The number of nitrogens with one attached hydrogen (secondary N) is 1. The van der Waals surface area contributed by atoms with E-state index in [9.17, 15) is 13.2 Å². The predicted molar refractivity (Wildman–Crippen MR) is 95.5 cm³/mol. The number of carbonyl (C=O) groups excluding carboxylic acids is 1. The average Bonchev–Trinajstić information content (AvgIpc) is 3.14. The second kappa shape index (κ2) is 8.32. The van der Waals surface area contributed by atoms with Gasteiger partial charge in [-0.15, -0.1) is 11.3 Å². The van der Waals surface area contributed by atoms with Gasteiger partial charge in [-0.2, -0.15) is 4.31 Å². The topological polar surface area (TPSA) is 84.9 Å². The Morgan fingerprint density at radius 2 is 1.84 bits per heavy atom. The maximum atomic E-state index is 12.3. The van der Waals surface area contributed by atoms with E-state index in [1.54, 1.807) is 43.9 Å². The summed E-state index contributed by atoms with van der Waals surface area (Å²) in [6.45, 7) is -0.0272. The molecule has 0 saturated carbocycles. The van der Waals surface area contributed by atoms with Crippen LogP contribution >= 0.6 is 11.3 Å². The third kappa shape index (κ3) is 4.94. The van der Waals surface area contributed by atoms with Crippen molar-refractivity contribution in [2.45, 2.75) is 10.8 Å². The van der Waals surface area contributed by atoms with Crippen LogP contribution < -0.4 is 14.8 Å². The van der Waals surface area contributed by atoms with Gasteiger partial charge in [-0.05, 0) is 29.1 Å². The third-order valence-corrected chi connectivity index (χ3v) is 6.60. The summed E-state index contributed by atoms with van der Waals surface area (Å²) >= 11 is 1.11. The number of hydrogen-bond acceptors (Lipinski definition) is 6. The molecule has 1 aromatic heterocycles. The molecule has 1 heterocycles. The normalized spacial score (nSPS) is 11.4. The van der Waals surface area contributed by atoms with Gasteiger partial charge in [0.15, 0.2) is 0 Å². The van der Waals surface area contributed by atoms with Crippen LogP contribution in [0.4, 0.5) is 0 Å². The van der Waals surface area contributed by atoms with Gasteiger partial charge >= 0.3 is 0 Å². The van der Waals surface area contributed by atoms with Gasteiger partial charge in [0.1, 0.15) is 15.7 Å². The molecule has 0 saturated heterocycles. The molecule has 1 aromatic carbocycles. The third-order valence-electron chi connectivity index (χ3n) is 3.43. The zero-order valence-corrected chi connectivity index (χ0v) is 15.8. The summed E-state index contributed by atoms with van der Waals surface area (Å²) in [5, 5.41) is 4.37. The lowest BCUT2D eigenvalue weighted by Gasteiger charge is -2.16. The molecule has 2 rings (SSSR count). The molecule has 0 fully saturated rings. The molecule has 136 valence electrons. The number of carbonyl (C=O) groups is 1. The van der Waals surface area contributed by atoms with E-state index in [1.807, 2.05) is 0 Å². The predicted octanol–water partition coefficient (Wildman–Crippen LogP) is 1.70. The minimum absolute atomic E-state index is 0.209. The van der Waals surface area contributed by atoms with E-state index in [4.69, 9.17) is 9.47 Å². The first kappa shape index (κ1) is 19.2. The number of ether oxygens (including phenoxy) is 2. The number of thiophene rings is 1. The highest BCUT2D eigenvalue weighted by atomic mass is 32.2. The summed E-state index contributed by atoms with van der Waals surface area (Å²) in [5.41, 5.74) is 0.785. The van der Waals surface area contributed by atoms with Crippen molar-refractivity contribution < 1.29 is 22.7 Å². The molecule has 7 nitrogen and oxygen atoms in total. The van der Waals surface area contributed by atoms with Gasteiger partial charge in [0.25, 0.3) is 10.0 Å². The van der Waals surface area contributed by atoms with Crippen molar-refractivity contribution in [1.82, 2.24) is 9.62 Å². The minimum Gasteiger partial charge on any atom is -0.497 e. The van der Waals surface area contributed by atoms with Crippen molar-refractivity contribution in [2.75, 3.05) is 27.8 Å². The fourth-order valence-corrected chi connectivity index (χ4v) is 4.40. The Bertz CT molecular complexity index is 797. The second-order valence-electron chi connectivity index (χ2n) is 5.19. The van der Waals surface area contributed by atoms with Crippen LogP contribution in [0.15, 0.2) is 39.9 Å². The van der Waals surface area contributed by atoms with Gasteiger partial charge < -0.3 is 14.8 Å². The van der Waals surface area contributed by atoms with Crippen LogP contribution in [0, 0.1) is 0 Å². The van der Waals surface area contributed by atoms with Gasteiger partial charge in [-0.1, -0.05) is 6.07 Å². The molecule has 0 unspecified atom stereocenters. The van der Waals surface area contributed by atoms with Crippen LogP contribution in [0.1, 0.15) is 5.56 Å². The van der Waals surface area contributed by atoms with E-state index >= 15 is 0 Å². The molecular weight excluding hydrogens is 364 g/mol. The fraction of sp³-hybridized carbons (Fsp3) is 0.312.